The van der Waals surface area contributed by atoms with Gasteiger partial charge < -0.3 is 15.8 Å². The first-order valence-corrected chi connectivity index (χ1v) is 6.84. The molecule has 0 saturated carbocycles. The first-order chi connectivity index (χ1) is 7.38. The van der Waals surface area contributed by atoms with Crippen LogP contribution in [0.3, 0.4) is 0 Å². The summed E-state index contributed by atoms with van der Waals surface area (Å²) >= 11 is 1.93. The number of amides is 1. The summed E-state index contributed by atoms with van der Waals surface area (Å²) in [5.74, 6) is 2.82. The number of thioether (sulfide) groups is 1. The normalized spacial score (nSPS) is 22.9. The summed E-state index contributed by atoms with van der Waals surface area (Å²) in [4.78, 5) is 11.4. The van der Waals surface area contributed by atoms with Crippen LogP contribution in [0.1, 0.15) is 27.2 Å². The number of hydrogen-bond acceptors (Lipinski definition) is 4. The average Bonchev–Trinajstić information content (AvgIpc) is 2.64. The van der Waals surface area contributed by atoms with Crippen molar-refractivity contribution in [2.24, 2.45) is 11.7 Å². The second-order valence-electron chi connectivity index (χ2n) is 5.17. The molecule has 1 heterocycles. The van der Waals surface area contributed by atoms with Crippen LogP contribution >= 0.6 is 11.8 Å². The molecule has 1 fully saturated rings. The maximum atomic E-state index is 11.4. The molecule has 0 aromatic heterocycles. The first-order valence-electron chi connectivity index (χ1n) is 5.68. The lowest BCUT2D eigenvalue weighted by atomic mass is 10.0. The van der Waals surface area contributed by atoms with Crippen molar-refractivity contribution < 1.29 is 9.53 Å². The minimum absolute atomic E-state index is 0.0440. The van der Waals surface area contributed by atoms with Crippen molar-refractivity contribution in [2.75, 3.05) is 18.1 Å². The van der Waals surface area contributed by atoms with E-state index >= 15 is 0 Å². The predicted molar refractivity (Wildman–Crippen MR) is 67.6 cm³/mol. The Labute approximate surface area is 102 Å². The molecule has 5 heteroatoms. The fourth-order valence-electron chi connectivity index (χ4n) is 1.57. The summed E-state index contributed by atoms with van der Waals surface area (Å²) in [6.45, 7) is 6.04. The number of hydrogen-bond donors (Lipinski definition) is 2. The molecule has 0 spiro atoms. The first kappa shape index (κ1) is 13.6. The number of ether oxygens (including phenoxy) is 1. The van der Waals surface area contributed by atoms with Crippen molar-refractivity contribution in [1.29, 1.82) is 0 Å². The summed E-state index contributed by atoms with van der Waals surface area (Å²) < 4.78 is 5.14. The van der Waals surface area contributed by atoms with Crippen molar-refractivity contribution in [2.45, 2.75) is 38.8 Å². The Morgan fingerprint density at radius 1 is 1.62 bits per heavy atom. The topological polar surface area (TPSA) is 64.3 Å². The fraction of sp³-hybridized carbons (Fsp3) is 0.909. The van der Waals surface area contributed by atoms with Crippen LogP contribution in [-0.2, 0) is 4.74 Å². The number of nitrogens with one attached hydrogen (secondary N) is 1. The zero-order chi connectivity index (χ0) is 12.2. The van der Waals surface area contributed by atoms with Crippen LogP contribution in [0.25, 0.3) is 0 Å². The molecule has 1 aliphatic rings. The largest absolute Gasteiger partial charge is 0.444 e. The van der Waals surface area contributed by atoms with Crippen LogP contribution < -0.4 is 11.1 Å². The molecule has 2 atom stereocenters. The third-order valence-corrected chi connectivity index (χ3v) is 3.64. The van der Waals surface area contributed by atoms with Gasteiger partial charge >= 0.3 is 6.09 Å². The van der Waals surface area contributed by atoms with Gasteiger partial charge in [-0.1, -0.05) is 0 Å². The van der Waals surface area contributed by atoms with Crippen LogP contribution in [-0.4, -0.2) is 35.8 Å². The third kappa shape index (κ3) is 5.07. The molecule has 16 heavy (non-hydrogen) atoms. The van der Waals surface area contributed by atoms with Crippen LogP contribution in [0.15, 0.2) is 0 Å². The zero-order valence-electron chi connectivity index (χ0n) is 10.3. The summed E-state index contributed by atoms with van der Waals surface area (Å²) in [7, 11) is 0. The number of nitrogens with two attached hydrogens (primary N) is 1. The molecule has 0 aromatic rings. The summed E-state index contributed by atoms with van der Waals surface area (Å²) in [5.41, 5.74) is 5.56. The van der Waals surface area contributed by atoms with Gasteiger partial charge in [-0.25, -0.2) is 4.79 Å². The van der Waals surface area contributed by atoms with Crippen LogP contribution in [0, 0.1) is 5.92 Å². The van der Waals surface area contributed by atoms with Crippen molar-refractivity contribution >= 4 is 17.9 Å². The second-order valence-corrected chi connectivity index (χ2v) is 6.32. The predicted octanol–water partition coefficient (Wildman–Crippen LogP) is 1.59. The highest BCUT2D eigenvalue weighted by molar-refractivity contribution is 7.99. The quantitative estimate of drug-likeness (QED) is 0.794. The van der Waals surface area contributed by atoms with E-state index in [2.05, 4.69) is 5.32 Å². The summed E-state index contributed by atoms with van der Waals surface area (Å²) in [6, 6.07) is 0.0440. The Morgan fingerprint density at radius 2 is 2.31 bits per heavy atom. The maximum absolute atomic E-state index is 11.4. The Hall–Kier alpha value is -0.420. The van der Waals surface area contributed by atoms with Crippen LogP contribution in [0.2, 0.25) is 0 Å². The lowest BCUT2D eigenvalue weighted by molar-refractivity contribution is 0.0522. The summed E-state index contributed by atoms with van der Waals surface area (Å²) in [5, 5.41) is 2.72. The number of carbonyl (C=O) groups is 1. The van der Waals surface area contributed by atoms with Crippen molar-refractivity contribution in [3.05, 3.63) is 0 Å². The van der Waals surface area contributed by atoms with Crippen molar-refractivity contribution in [3.8, 4) is 0 Å². The molecule has 0 aliphatic carbocycles. The second kappa shape index (κ2) is 5.77. The van der Waals surface area contributed by atoms with Gasteiger partial charge in [-0.15, -0.1) is 0 Å². The van der Waals surface area contributed by atoms with E-state index in [1.165, 1.54) is 5.75 Å². The van der Waals surface area contributed by atoms with Gasteiger partial charge in [0.2, 0.25) is 0 Å². The van der Waals surface area contributed by atoms with E-state index in [9.17, 15) is 4.79 Å². The molecule has 0 bridgehead atoms. The van der Waals surface area contributed by atoms with E-state index in [0.29, 0.717) is 12.5 Å². The third-order valence-electron chi connectivity index (χ3n) is 2.45. The average molecular weight is 246 g/mol. The zero-order valence-corrected chi connectivity index (χ0v) is 11.1. The van der Waals surface area contributed by atoms with Gasteiger partial charge in [0.25, 0.3) is 0 Å². The SMILES string of the molecule is CC(C)(C)OC(=O)NCC(N)C1CCSC1. The highest BCUT2D eigenvalue weighted by Crippen LogP contribution is 2.25. The molecule has 2 unspecified atom stereocenters. The number of carbonyl (C=O) groups excluding carboxylic acids is 1. The highest BCUT2D eigenvalue weighted by Gasteiger charge is 2.23. The lowest BCUT2D eigenvalue weighted by Gasteiger charge is -2.22. The number of rotatable bonds is 3. The molecule has 94 valence electrons. The molecule has 1 aliphatic heterocycles. The molecule has 1 amide bonds. The molecule has 1 saturated heterocycles. The van der Waals surface area contributed by atoms with E-state index < -0.39 is 5.60 Å². The lowest BCUT2D eigenvalue weighted by Crippen LogP contribution is -2.43. The van der Waals surface area contributed by atoms with E-state index in [0.717, 1.165) is 12.2 Å². The van der Waals surface area contributed by atoms with Gasteiger partial charge in [-0.05, 0) is 44.6 Å². The summed E-state index contributed by atoms with van der Waals surface area (Å²) in [6.07, 6.45) is 0.774. The van der Waals surface area contributed by atoms with Crippen LogP contribution in [0.4, 0.5) is 4.79 Å². The molecule has 4 nitrogen and oxygen atoms in total. The Bertz CT molecular complexity index is 235. The minimum Gasteiger partial charge on any atom is -0.444 e. The van der Waals surface area contributed by atoms with Gasteiger partial charge in [0.15, 0.2) is 0 Å². The molecule has 1 rings (SSSR count). The maximum Gasteiger partial charge on any atom is 0.407 e. The highest BCUT2D eigenvalue weighted by atomic mass is 32.2. The monoisotopic (exact) mass is 246 g/mol. The van der Waals surface area contributed by atoms with Gasteiger partial charge in [0.05, 0.1) is 0 Å². The molecule has 0 radical (unpaired) electrons. The van der Waals surface area contributed by atoms with E-state index in [4.69, 9.17) is 10.5 Å². The number of alkyl carbamates (subject to hydrolysis) is 1. The standard InChI is InChI=1S/C11H22N2O2S/c1-11(2,3)15-10(14)13-6-9(12)8-4-5-16-7-8/h8-9H,4-7,12H2,1-3H3,(H,13,14). The molecule has 3 N–H and O–H groups in total. The van der Waals surface area contributed by atoms with Crippen molar-refractivity contribution in [1.82, 2.24) is 5.32 Å². The van der Waals surface area contributed by atoms with Gasteiger partial charge in [-0.3, -0.25) is 0 Å². The van der Waals surface area contributed by atoms with Crippen LogP contribution in [0.5, 0.6) is 0 Å². The molecular weight excluding hydrogens is 224 g/mol. The van der Waals surface area contributed by atoms with Crippen molar-refractivity contribution in [3.63, 3.8) is 0 Å². The molecular formula is C11H22N2O2S. The molecule has 0 aromatic carbocycles. The Balaban J connectivity index is 2.20. The fourth-order valence-corrected chi connectivity index (χ4v) is 2.93. The smallest absolute Gasteiger partial charge is 0.407 e. The van der Waals surface area contributed by atoms with Gasteiger partial charge in [0, 0.05) is 12.6 Å². The Morgan fingerprint density at radius 3 is 2.81 bits per heavy atom. The van der Waals surface area contributed by atoms with E-state index in [1.807, 2.05) is 32.5 Å². The van der Waals surface area contributed by atoms with E-state index in [-0.39, 0.29) is 12.1 Å². The van der Waals surface area contributed by atoms with E-state index in [1.54, 1.807) is 0 Å². The van der Waals surface area contributed by atoms with Gasteiger partial charge in [-0.2, -0.15) is 11.8 Å². The minimum atomic E-state index is -0.447. The van der Waals surface area contributed by atoms with Gasteiger partial charge in [0.1, 0.15) is 5.60 Å². The Kier molecular flexibility index (Phi) is 4.92.